The van der Waals surface area contributed by atoms with Crippen LogP contribution in [0.25, 0.3) is 0 Å². The fraction of sp³-hybridized carbons (Fsp3) is 0. The highest BCUT2D eigenvalue weighted by molar-refractivity contribution is 5.15. The summed E-state index contributed by atoms with van der Waals surface area (Å²) in [6.45, 7) is 1.49. The Hall–Kier alpha value is -0.920. The van der Waals surface area contributed by atoms with Crippen LogP contribution in [-0.2, 0) is 0 Å². The van der Waals surface area contributed by atoms with Crippen LogP contribution in [-0.4, -0.2) is 4.98 Å². The van der Waals surface area contributed by atoms with E-state index in [1.807, 2.05) is 0 Å². The predicted molar refractivity (Wildman–Crippen MR) is 27.7 cm³/mol. The highest BCUT2D eigenvalue weighted by atomic mass is 19.1. The van der Waals surface area contributed by atoms with E-state index in [1.165, 1.54) is 19.1 Å². The molecule has 0 saturated carbocycles. The van der Waals surface area contributed by atoms with Gasteiger partial charge in [0.1, 0.15) is 0 Å². The first kappa shape index (κ1) is 5.22. The first-order valence-electron chi connectivity index (χ1n) is 2.20. The van der Waals surface area contributed by atoms with Gasteiger partial charge in [0.25, 0.3) is 0 Å². The standard InChI is InChI=1S/C6H4FN/c7-5-6-1-3-8-4-2-6/h1-4H. The minimum atomic E-state index is 0.431. The van der Waals surface area contributed by atoms with Crippen LogP contribution in [0.3, 0.4) is 0 Å². The maximum Gasteiger partial charge on any atom is 0.219 e. The molecule has 0 spiro atoms. The Bertz CT molecular complexity index is 150. The van der Waals surface area contributed by atoms with E-state index in [9.17, 15) is 4.39 Å². The van der Waals surface area contributed by atoms with Crippen LogP contribution in [0.2, 0.25) is 0 Å². The van der Waals surface area contributed by atoms with Crippen molar-refractivity contribution in [3.8, 4) is 0 Å². The molecule has 40 valence electrons. The molecule has 0 saturated heterocycles. The van der Waals surface area contributed by atoms with Crippen LogP contribution in [0, 0.1) is 6.67 Å². The monoisotopic (exact) mass is 109 g/mol. The molecule has 2 heteroatoms. The van der Waals surface area contributed by atoms with Crippen LogP contribution in [0.5, 0.6) is 0 Å². The van der Waals surface area contributed by atoms with E-state index in [0.29, 0.717) is 5.56 Å². The molecular formula is C6H4FN. The second-order valence-electron chi connectivity index (χ2n) is 1.33. The smallest absolute Gasteiger partial charge is 0.219 e. The quantitative estimate of drug-likeness (QED) is 0.531. The lowest BCUT2D eigenvalue weighted by molar-refractivity contribution is 0.646. The minimum Gasteiger partial charge on any atom is -0.265 e. The third-order valence-electron chi connectivity index (χ3n) is 0.789. The highest BCUT2D eigenvalue weighted by Gasteiger charge is 1.86. The SMILES string of the molecule is F[C]c1ccncc1. The van der Waals surface area contributed by atoms with Crippen molar-refractivity contribution in [3.05, 3.63) is 36.8 Å². The zero-order chi connectivity index (χ0) is 5.82. The average Bonchev–Trinajstić information content (AvgIpc) is 1.90. The normalized spacial score (nSPS) is 9.12. The molecule has 0 atom stereocenters. The highest BCUT2D eigenvalue weighted by Crippen LogP contribution is 1.98. The van der Waals surface area contributed by atoms with Crippen LogP contribution < -0.4 is 0 Å². The van der Waals surface area contributed by atoms with Crippen molar-refractivity contribution < 1.29 is 4.39 Å². The Labute approximate surface area is 47.2 Å². The topological polar surface area (TPSA) is 12.9 Å². The number of hydrogen-bond donors (Lipinski definition) is 0. The lowest BCUT2D eigenvalue weighted by Crippen LogP contribution is -1.73. The van der Waals surface area contributed by atoms with Crippen LogP contribution >= 0.6 is 0 Å². The third-order valence-corrected chi connectivity index (χ3v) is 0.789. The van der Waals surface area contributed by atoms with Gasteiger partial charge in [-0.3, -0.25) is 4.98 Å². The summed E-state index contributed by atoms with van der Waals surface area (Å²) in [7, 11) is 0. The predicted octanol–water partition coefficient (Wildman–Crippen LogP) is 1.44. The molecule has 0 aromatic carbocycles. The van der Waals surface area contributed by atoms with Crippen molar-refractivity contribution in [3.63, 3.8) is 0 Å². The van der Waals surface area contributed by atoms with Crippen molar-refractivity contribution in [2.24, 2.45) is 0 Å². The van der Waals surface area contributed by atoms with Crippen LogP contribution in [0.4, 0.5) is 4.39 Å². The molecule has 0 aliphatic carbocycles. The molecule has 2 radical (unpaired) electrons. The number of hydrogen-bond acceptors (Lipinski definition) is 1. The van der Waals surface area contributed by atoms with E-state index in [0.717, 1.165) is 0 Å². The van der Waals surface area contributed by atoms with Gasteiger partial charge in [0, 0.05) is 12.4 Å². The van der Waals surface area contributed by atoms with Gasteiger partial charge in [0.15, 0.2) is 0 Å². The van der Waals surface area contributed by atoms with Crippen molar-refractivity contribution in [2.75, 3.05) is 0 Å². The summed E-state index contributed by atoms with van der Waals surface area (Å²) in [6, 6.07) is 3.08. The number of aromatic nitrogens is 1. The summed E-state index contributed by atoms with van der Waals surface area (Å²) >= 11 is 0. The van der Waals surface area contributed by atoms with Crippen LogP contribution in [0.1, 0.15) is 5.56 Å². The molecule has 1 heterocycles. The Balaban J connectivity index is 2.83. The lowest BCUT2D eigenvalue weighted by atomic mass is 10.3. The molecule has 0 unspecified atom stereocenters. The van der Waals surface area contributed by atoms with E-state index >= 15 is 0 Å². The summed E-state index contributed by atoms with van der Waals surface area (Å²) in [6.07, 6.45) is 3.03. The zero-order valence-corrected chi connectivity index (χ0v) is 4.13. The Kier molecular flexibility index (Phi) is 1.57. The maximum absolute atomic E-state index is 11.4. The zero-order valence-electron chi connectivity index (χ0n) is 4.13. The largest absolute Gasteiger partial charge is 0.265 e. The average molecular weight is 109 g/mol. The fourth-order valence-electron chi connectivity index (χ4n) is 0.415. The van der Waals surface area contributed by atoms with Gasteiger partial charge in [-0.15, -0.1) is 0 Å². The van der Waals surface area contributed by atoms with Crippen molar-refractivity contribution in [2.45, 2.75) is 0 Å². The summed E-state index contributed by atoms with van der Waals surface area (Å²) in [5, 5.41) is 0. The molecular weight excluding hydrogens is 105 g/mol. The van der Waals surface area contributed by atoms with Gasteiger partial charge in [-0.25, -0.2) is 4.39 Å². The summed E-state index contributed by atoms with van der Waals surface area (Å²) in [5.41, 5.74) is 0.431. The number of halogens is 1. The second-order valence-corrected chi connectivity index (χ2v) is 1.33. The van der Waals surface area contributed by atoms with Gasteiger partial charge in [0.05, 0.1) is 0 Å². The van der Waals surface area contributed by atoms with E-state index < -0.39 is 0 Å². The van der Waals surface area contributed by atoms with Gasteiger partial charge in [-0.1, -0.05) is 0 Å². The van der Waals surface area contributed by atoms with Crippen molar-refractivity contribution in [1.82, 2.24) is 4.98 Å². The first-order valence-corrected chi connectivity index (χ1v) is 2.20. The molecule has 0 aliphatic heterocycles. The number of pyridine rings is 1. The molecule has 1 aromatic heterocycles. The first-order chi connectivity index (χ1) is 3.93. The van der Waals surface area contributed by atoms with Gasteiger partial charge >= 0.3 is 0 Å². The van der Waals surface area contributed by atoms with Crippen molar-refractivity contribution in [1.29, 1.82) is 0 Å². The summed E-state index contributed by atoms with van der Waals surface area (Å²) in [5.74, 6) is 0. The Morgan fingerprint density at radius 1 is 1.38 bits per heavy atom. The molecule has 1 nitrogen and oxygen atoms in total. The van der Waals surface area contributed by atoms with Gasteiger partial charge in [-0.2, -0.15) is 0 Å². The summed E-state index contributed by atoms with van der Waals surface area (Å²) < 4.78 is 11.4. The lowest BCUT2D eigenvalue weighted by Gasteiger charge is -1.84. The van der Waals surface area contributed by atoms with Crippen LogP contribution in [0.15, 0.2) is 24.5 Å². The third kappa shape index (κ3) is 1.03. The Morgan fingerprint density at radius 3 is 2.38 bits per heavy atom. The van der Waals surface area contributed by atoms with Gasteiger partial charge in [0.2, 0.25) is 6.67 Å². The molecule has 0 N–H and O–H groups in total. The fourth-order valence-corrected chi connectivity index (χ4v) is 0.415. The molecule has 1 rings (SSSR count). The maximum atomic E-state index is 11.4. The number of nitrogens with zero attached hydrogens (tertiary/aromatic N) is 1. The van der Waals surface area contributed by atoms with Gasteiger partial charge < -0.3 is 0 Å². The minimum absolute atomic E-state index is 0.431. The van der Waals surface area contributed by atoms with Crippen molar-refractivity contribution >= 4 is 0 Å². The molecule has 0 amide bonds. The summed E-state index contributed by atoms with van der Waals surface area (Å²) in [4.78, 5) is 3.69. The van der Waals surface area contributed by atoms with E-state index in [4.69, 9.17) is 0 Å². The van der Waals surface area contributed by atoms with E-state index in [2.05, 4.69) is 4.98 Å². The number of rotatable bonds is 1. The molecule has 8 heavy (non-hydrogen) atoms. The molecule has 0 bridgehead atoms. The van der Waals surface area contributed by atoms with E-state index in [-0.39, 0.29) is 0 Å². The second kappa shape index (κ2) is 2.40. The Morgan fingerprint density at radius 2 is 2.00 bits per heavy atom. The molecule has 0 fully saturated rings. The molecule has 1 aromatic rings. The van der Waals surface area contributed by atoms with E-state index in [1.54, 1.807) is 12.1 Å². The van der Waals surface area contributed by atoms with Gasteiger partial charge in [-0.05, 0) is 17.7 Å². The molecule has 0 aliphatic rings.